The van der Waals surface area contributed by atoms with Gasteiger partial charge in [0.2, 0.25) is 6.17 Å². The number of carboxylic acids is 1. The number of aryl methyl sites for hydroxylation is 1. The van der Waals surface area contributed by atoms with Gasteiger partial charge in [0.15, 0.2) is 0 Å². The minimum absolute atomic E-state index is 0.286. The van der Waals surface area contributed by atoms with Gasteiger partial charge < -0.3 is 5.11 Å². The Kier molecular flexibility index (Phi) is 5.35. The molecule has 1 aromatic rings. The van der Waals surface area contributed by atoms with Gasteiger partial charge in [0, 0.05) is 18.6 Å². The Bertz CT molecular complexity index is 480. The Labute approximate surface area is 119 Å². The first-order chi connectivity index (χ1) is 9.75. The van der Waals surface area contributed by atoms with E-state index in [1.807, 2.05) is 0 Å². The van der Waals surface area contributed by atoms with Crippen molar-refractivity contribution in [2.45, 2.75) is 38.5 Å². The van der Waals surface area contributed by atoms with Crippen LogP contribution in [0.3, 0.4) is 0 Å². The first-order valence-corrected chi connectivity index (χ1v) is 7.00. The molecule has 1 aliphatic heterocycles. The summed E-state index contributed by atoms with van der Waals surface area (Å²) in [5, 5.41) is 8.54. The van der Waals surface area contributed by atoms with Gasteiger partial charge in [-0.1, -0.05) is 12.8 Å². The number of aliphatic carboxylic acids is 1. The van der Waals surface area contributed by atoms with Crippen molar-refractivity contribution < 1.29 is 9.90 Å². The molecule has 4 nitrogen and oxygen atoms in total. The number of unbranched alkanes of at least 4 members (excludes halogenated alkanes) is 3. The molecule has 0 aromatic heterocycles. The third-order valence-electron chi connectivity index (χ3n) is 3.28. The normalized spacial score (nSPS) is 13.1. The molecule has 0 saturated heterocycles. The van der Waals surface area contributed by atoms with E-state index in [0.29, 0.717) is 0 Å². The van der Waals surface area contributed by atoms with Crippen molar-refractivity contribution in [3.05, 3.63) is 41.6 Å². The molecule has 0 radical (unpaired) electrons. The Morgan fingerprint density at radius 3 is 2.30 bits per heavy atom. The maximum absolute atomic E-state index is 10.4. The molecule has 0 saturated carbocycles. The molecule has 0 aliphatic carbocycles. The van der Waals surface area contributed by atoms with Gasteiger partial charge in [-0.25, -0.2) is 0 Å². The fourth-order valence-electron chi connectivity index (χ4n) is 2.17. The van der Waals surface area contributed by atoms with Crippen LogP contribution in [0.5, 0.6) is 0 Å². The number of hydrogen-bond donors (Lipinski definition) is 1. The molecule has 1 N–H and O–H groups in total. The lowest BCUT2D eigenvalue weighted by Gasteiger charge is -2.02. The molecule has 0 unspecified atom stereocenters. The second-order valence-corrected chi connectivity index (χ2v) is 4.88. The standard InChI is InChI=1S/C16H18N2O2/c19-15(20)6-4-2-1-3-5-13-7-9-14(10-8-13)16-17-11-12-18-16/h7-12H,1-6H2/p+1. The molecule has 2 rings (SSSR count). The molecule has 1 aliphatic rings. The number of hydrogen-bond acceptors (Lipinski definition) is 3. The van der Waals surface area contributed by atoms with Crippen LogP contribution >= 0.6 is 0 Å². The quantitative estimate of drug-likeness (QED) is 0.582. The van der Waals surface area contributed by atoms with E-state index in [1.165, 1.54) is 5.56 Å². The van der Waals surface area contributed by atoms with Crippen LogP contribution in [0.15, 0.2) is 34.3 Å². The molecule has 20 heavy (non-hydrogen) atoms. The van der Waals surface area contributed by atoms with Gasteiger partial charge >= 0.3 is 5.97 Å². The predicted octanol–water partition coefficient (Wildman–Crippen LogP) is 3.26. The van der Waals surface area contributed by atoms with Gasteiger partial charge in [-0.05, 0) is 37.0 Å². The Hall–Kier alpha value is -2.10. The second kappa shape index (κ2) is 7.48. The molecular formula is C16H19N2O2+. The SMILES string of the molecule is O=C(O)CCCCCCc1ccc([C+]2N=CC=N2)cc1. The van der Waals surface area contributed by atoms with Crippen LogP contribution in [-0.4, -0.2) is 23.5 Å². The summed E-state index contributed by atoms with van der Waals surface area (Å²) < 4.78 is 0. The maximum atomic E-state index is 10.4. The van der Waals surface area contributed by atoms with Crippen LogP contribution in [0.1, 0.15) is 43.2 Å². The summed E-state index contributed by atoms with van der Waals surface area (Å²) in [6.07, 6.45) is 9.44. The number of rotatable bonds is 8. The van der Waals surface area contributed by atoms with Crippen molar-refractivity contribution in [3.63, 3.8) is 0 Å². The van der Waals surface area contributed by atoms with Crippen LogP contribution < -0.4 is 0 Å². The Morgan fingerprint density at radius 2 is 1.65 bits per heavy atom. The lowest BCUT2D eigenvalue weighted by atomic mass is 10.0. The summed E-state index contributed by atoms with van der Waals surface area (Å²) in [5.41, 5.74) is 2.35. The number of nitrogens with zero attached hydrogens (tertiary/aromatic N) is 2. The van der Waals surface area contributed by atoms with E-state index in [2.05, 4.69) is 34.3 Å². The van der Waals surface area contributed by atoms with Crippen LogP contribution in [0, 0.1) is 6.17 Å². The summed E-state index contributed by atoms with van der Waals surface area (Å²) in [6, 6.07) is 8.33. The number of benzene rings is 1. The van der Waals surface area contributed by atoms with Crippen molar-refractivity contribution in [1.82, 2.24) is 0 Å². The van der Waals surface area contributed by atoms with E-state index in [-0.39, 0.29) is 6.42 Å². The third-order valence-corrected chi connectivity index (χ3v) is 3.28. The van der Waals surface area contributed by atoms with E-state index < -0.39 is 5.97 Å². The van der Waals surface area contributed by atoms with Gasteiger partial charge in [-0.3, -0.25) is 4.79 Å². The predicted molar refractivity (Wildman–Crippen MR) is 80.2 cm³/mol. The summed E-state index contributed by atoms with van der Waals surface area (Å²) in [5.74, 6) is -0.699. The van der Waals surface area contributed by atoms with Crippen molar-refractivity contribution in [1.29, 1.82) is 0 Å². The molecule has 0 spiro atoms. The smallest absolute Gasteiger partial charge is 0.303 e. The molecule has 0 atom stereocenters. The molecule has 0 amide bonds. The van der Waals surface area contributed by atoms with Gasteiger partial charge in [-0.15, -0.1) is 9.98 Å². The second-order valence-electron chi connectivity index (χ2n) is 4.88. The molecule has 4 heteroatoms. The summed E-state index contributed by atoms with van der Waals surface area (Å²) >= 11 is 0. The minimum atomic E-state index is -0.699. The molecule has 0 bridgehead atoms. The van der Waals surface area contributed by atoms with E-state index in [4.69, 9.17) is 5.11 Å². The van der Waals surface area contributed by atoms with Crippen molar-refractivity contribution >= 4 is 18.4 Å². The highest BCUT2D eigenvalue weighted by Crippen LogP contribution is 2.20. The largest absolute Gasteiger partial charge is 0.481 e. The van der Waals surface area contributed by atoms with E-state index in [9.17, 15) is 4.79 Å². The average Bonchev–Trinajstić information content (AvgIpc) is 2.97. The van der Waals surface area contributed by atoms with Gasteiger partial charge in [0.05, 0.1) is 0 Å². The van der Waals surface area contributed by atoms with Gasteiger partial charge in [-0.2, -0.15) is 0 Å². The van der Waals surface area contributed by atoms with Gasteiger partial charge in [0.25, 0.3) is 0 Å². The summed E-state index contributed by atoms with van der Waals surface area (Å²) in [6.45, 7) is 0. The Morgan fingerprint density at radius 1 is 1.00 bits per heavy atom. The summed E-state index contributed by atoms with van der Waals surface area (Å²) in [4.78, 5) is 18.7. The third kappa shape index (κ3) is 4.53. The van der Waals surface area contributed by atoms with Crippen molar-refractivity contribution in [2.24, 2.45) is 9.98 Å². The van der Waals surface area contributed by atoms with E-state index >= 15 is 0 Å². The van der Waals surface area contributed by atoms with Gasteiger partial charge in [0.1, 0.15) is 18.0 Å². The molecule has 104 valence electrons. The number of aliphatic imine (C=N–C) groups is 2. The average molecular weight is 271 g/mol. The zero-order valence-electron chi connectivity index (χ0n) is 11.5. The zero-order chi connectivity index (χ0) is 14.2. The monoisotopic (exact) mass is 271 g/mol. The fraction of sp³-hybridized carbons (Fsp3) is 0.375. The topological polar surface area (TPSA) is 62.0 Å². The van der Waals surface area contributed by atoms with Crippen molar-refractivity contribution in [2.75, 3.05) is 0 Å². The maximum Gasteiger partial charge on any atom is 0.303 e. The lowest BCUT2D eigenvalue weighted by Crippen LogP contribution is -1.94. The van der Waals surface area contributed by atoms with Crippen LogP contribution in [-0.2, 0) is 11.2 Å². The first kappa shape index (κ1) is 14.3. The fourth-order valence-corrected chi connectivity index (χ4v) is 2.17. The zero-order valence-corrected chi connectivity index (χ0v) is 11.5. The molecule has 0 fully saturated rings. The number of carboxylic acid groups (broad SMARTS) is 1. The Balaban J connectivity index is 1.67. The van der Waals surface area contributed by atoms with E-state index in [1.54, 1.807) is 12.4 Å². The van der Waals surface area contributed by atoms with Crippen LogP contribution in [0.2, 0.25) is 0 Å². The van der Waals surface area contributed by atoms with E-state index in [0.717, 1.165) is 43.8 Å². The highest BCUT2D eigenvalue weighted by molar-refractivity contribution is 6.18. The van der Waals surface area contributed by atoms with Crippen LogP contribution in [0.4, 0.5) is 0 Å². The molecular weight excluding hydrogens is 252 g/mol. The first-order valence-electron chi connectivity index (χ1n) is 7.00. The molecule has 1 aromatic carbocycles. The minimum Gasteiger partial charge on any atom is -0.481 e. The summed E-state index contributed by atoms with van der Waals surface area (Å²) in [7, 11) is 0. The number of carbonyl (C=O) groups is 1. The van der Waals surface area contributed by atoms with Crippen molar-refractivity contribution in [3.8, 4) is 0 Å². The highest BCUT2D eigenvalue weighted by Gasteiger charge is 2.17. The highest BCUT2D eigenvalue weighted by atomic mass is 16.4. The van der Waals surface area contributed by atoms with Crippen LogP contribution in [0.25, 0.3) is 0 Å². The molecule has 1 heterocycles. The lowest BCUT2D eigenvalue weighted by molar-refractivity contribution is -0.137.